The molecule has 0 bridgehead atoms. The molecule has 1 amide bonds. The van der Waals surface area contributed by atoms with Gasteiger partial charge in [-0.15, -0.1) is 11.3 Å². The topological polar surface area (TPSA) is 66.5 Å². The third-order valence-corrected chi connectivity index (χ3v) is 7.80. The molecule has 1 saturated heterocycles. The van der Waals surface area contributed by atoms with E-state index in [1.165, 1.54) is 17.3 Å². The lowest BCUT2D eigenvalue weighted by molar-refractivity contribution is -0.119. The lowest BCUT2D eigenvalue weighted by Crippen LogP contribution is -2.48. The maximum Gasteiger partial charge on any atom is 0.252 e. The summed E-state index contributed by atoms with van der Waals surface area (Å²) in [7, 11) is -3.55. The number of halogens is 2. The monoisotopic (exact) mass is 400 g/mol. The van der Waals surface area contributed by atoms with Gasteiger partial charge in [-0.25, -0.2) is 8.42 Å². The number of piperidine rings is 1. The molecule has 1 atom stereocenters. The van der Waals surface area contributed by atoms with E-state index in [4.69, 9.17) is 11.6 Å². The molecular weight excluding hydrogens is 388 g/mol. The molecule has 1 fully saturated rings. The van der Waals surface area contributed by atoms with Crippen LogP contribution in [0.5, 0.6) is 0 Å². The van der Waals surface area contributed by atoms with Gasteiger partial charge in [-0.3, -0.25) is 4.79 Å². The summed E-state index contributed by atoms with van der Waals surface area (Å²) in [5.74, 6) is -0.142. The molecule has 1 aliphatic rings. The molecule has 112 valence electrons. The third kappa shape index (κ3) is 3.54. The Bertz CT molecular complexity index is 598. The van der Waals surface area contributed by atoms with Crippen molar-refractivity contribution < 1.29 is 13.2 Å². The minimum Gasteiger partial charge on any atom is -0.352 e. The van der Waals surface area contributed by atoms with Gasteiger partial charge < -0.3 is 5.32 Å². The number of thiophene rings is 1. The number of carbonyl (C=O) groups excluding carboxylic acids is 1. The van der Waals surface area contributed by atoms with Crippen molar-refractivity contribution in [1.29, 1.82) is 0 Å². The van der Waals surface area contributed by atoms with Crippen molar-refractivity contribution in [2.45, 2.75) is 30.0 Å². The van der Waals surface area contributed by atoms with Crippen molar-refractivity contribution in [1.82, 2.24) is 9.62 Å². The Balaban J connectivity index is 2.19. The van der Waals surface area contributed by atoms with E-state index in [2.05, 4.69) is 21.2 Å². The van der Waals surface area contributed by atoms with Gasteiger partial charge in [0.1, 0.15) is 4.21 Å². The van der Waals surface area contributed by atoms with Gasteiger partial charge in [0.2, 0.25) is 5.91 Å². The number of sulfonamides is 1. The Morgan fingerprint density at radius 3 is 2.85 bits per heavy atom. The van der Waals surface area contributed by atoms with Gasteiger partial charge in [0, 0.05) is 26.1 Å². The van der Waals surface area contributed by atoms with Crippen molar-refractivity contribution >= 4 is 54.8 Å². The van der Waals surface area contributed by atoms with Crippen LogP contribution >= 0.6 is 38.9 Å². The molecule has 0 saturated carbocycles. The number of rotatable bonds is 3. The first kappa shape index (κ1) is 16.2. The van der Waals surface area contributed by atoms with E-state index in [1.807, 2.05) is 0 Å². The fourth-order valence-corrected chi connectivity index (χ4v) is 6.22. The summed E-state index contributed by atoms with van der Waals surface area (Å²) in [6, 6.07) is 1.32. The van der Waals surface area contributed by atoms with Gasteiger partial charge >= 0.3 is 0 Å². The SMILES string of the molecule is CC(=O)NC1CCCN(S(=O)(=O)c2cc(Cl)c(Br)s2)C1. The summed E-state index contributed by atoms with van der Waals surface area (Å²) in [6.07, 6.45) is 1.52. The van der Waals surface area contributed by atoms with Crippen LogP contribution in [0.25, 0.3) is 0 Å². The van der Waals surface area contributed by atoms with Crippen LogP contribution in [0.2, 0.25) is 5.02 Å². The number of nitrogens with zero attached hydrogens (tertiary/aromatic N) is 1. The molecule has 20 heavy (non-hydrogen) atoms. The molecule has 0 radical (unpaired) electrons. The quantitative estimate of drug-likeness (QED) is 0.846. The van der Waals surface area contributed by atoms with E-state index >= 15 is 0 Å². The molecule has 1 aromatic rings. The minimum absolute atomic E-state index is 0.130. The molecule has 9 heteroatoms. The van der Waals surface area contributed by atoms with Crippen LogP contribution in [0, 0.1) is 0 Å². The number of hydrogen-bond acceptors (Lipinski definition) is 4. The highest BCUT2D eigenvalue weighted by molar-refractivity contribution is 9.11. The molecule has 1 N–H and O–H groups in total. The molecule has 0 aromatic carbocycles. The normalized spacial score (nSPS) is 20.9. The Hall–Kier alpha value is -0.150. The van der Waals surface area contributed by atoms with Gasteiger partial charge in [-0.2, -0.15) is 4.31 Å². The van der Waals surface area contributed by atoms with Crippen LogP contribution in [0.3, 0.4) is 0 Å². The first-order chi connectivity index (χ1) is 9.30. The van der Waals surface area contributed by atoms with Gasteiger partial charge in [0.25, 0.3) is 10.0 Å². The van der Waals surface area contributed by atoms with Crippen molar-refractivity contribution in [3.8, 4) is 0 Å². The molecule has 0 aliphatic carbocycles. The highest BCUT2D eigenvalue weighted by Crippen LogP contribution is 2.36. The second-order valence-corrected chi connectivity index (χ2v) is 9.53. The first-order valence-electron chi connectivity index (χ1n) is 6.03. The number of carbonyl (C=O) groups is 1. The Labute approximate surface area is 135 Å². The standard InChI is InChI=1S/C11H14BrClN2O3S2/c1-7(16)14-8-3-2-4-15(6-8)20(17,18)10-5-9(13)11(12)19-10/h5,8H,2-4,6H2,1H3,(H,14,16). The lowest BCUT2D eigenvalue weighted by atomic mass is 10.1. The van der Waals surface area contributed by atoms with Crippen molar-refractivity contribution in [3.05, 3.63) is 14.9 Å². The summed E-state index contributed by atoms with van der Waals surface area (Å²) < 4.78 is 27.3. The molecule has 5 nitrogen and oxygen atoms in total. The Kier molecular flexibility index (Phi) is 5.12. The Morgan fingerprint density at radius 2 is 2.30 bits per heavy atom. The zero-order valence-corrected chi connectivity index (χ0v) is 14.7. The maximum atomic E-state index is 12.5. The second-order valence-electron chi connectivity index (χ2n) is 4.59. The number of nitrogens with one attached hydrogen (secondary N) is 1. The molecule has 2 rings (SSSR count). The predicted octanol–water partition coefficient (Wildman–Crippen LogP) is 2.45. The summed E-state index contributed by atoms with van der Waals surface area (Å²) in [4.78, 5) is 11.1. The minimum atomic E-state index is -3.55. The van der Waals surface area contributed by atoms with E-state index in [9.17, 15) is 13.2 Å². The van der Waals surface area contributed by atoms with E-state index in [-0.39, 0.29) is 16.2 Å². The smallest absolute Gasteiger partial charge is 0.252 e. The van der Waals surface area contributed by atoms with Crippen LogP contribution in [0.15, 0.2) is 14.1 Å². The van der Waals surface area contributed by atoms with Crippen molar-refractivity contribution in [2.75, 3.05) is 13.1 Å². The highest BCUT2D eigenvalue weighted by Gasteiger charge is 2.32. The average molecular weight is 402 g/mol. The second kappa shape index (κ2) is 6.31. The summed E-state index contributed by atoms with van der Waals surface area (Å²) >= 11 is 10.2. The van der Waals surface area contributed by atoms with E-state index < -0.39 is 10.0 Å². The average Bonchev–Trinajstić information content (AvgIpc) is 2.70. The van der Waals surface area contributed by atoms with Crippen LogP contribution in [-0.2, 0) is 14.8 Å². The summed E-state index contributed by atoms with van der Waals surface area (Å²) in [5, 5.41) is 3.17. The maximum absolute atomic E-state index is 12.5. The summed E-state index contributed by atoms with van der Waals surface area (Å²) in [5.41, 5.74) is 0. The highest BCUT2D eigenvalue weighted by atomic mass is 79.9. The zero-order valence-electron chi connectivity index (χ0n) is 10.7. The molecule has 0 spiro atoms. The van der Waals surface area contributed by atoms with Crippen molar-refractivity contribution in [3.63, 3.8) is 0 Å². The van der Waals surface area contributed by atoms with Crippen LogP contribution < -0.4 is 5.32 Å². The van der Waals surface area contributed by atoms with Crippen molar-refractivity contribution in [2.24, 2.45) is 0 Å². The Morgan fingerprint density at radius 1 is 1.60 bits per heavy atom. The van der Waals surface area contributed by atoms with Gasteiger partial charge in [0.05, 0.1) is 8.81 Å². The zero-order chi connectivity index (χ0) is 14.9. The fraction of sp³-hybridized carbons (Fsp3) is 0.545. The summed E-state index contributed by atoms with van der Waals surface area (Å²) in [6.45, 7) is 2.20. The van der Waals surface area contributed by atoms with E-state index in [1.54, 1.807) is 0 Å². The van der Waals surface area contributed by atoms with Crippen LogP contribution in [0.1, 0.15) is 19.8 Å². The third-order valence-electron chi connectivity index (χ3n) is 3.01. The predicted molar refractivity (Wildman–Crippen MR) is 82.6 cm³/mol. The van der Waals surface area contributed by atoms with Gasteiger partial charge in [-0.1, -0.05) is 11.6 Å². The van der Waals surface area contributed by atoms with Crippen LogP contribution in [0.4, 0.5) is 0 Å². The largest absolute Gasteiger partial charge is 0.352 e. The molecular formula is C11H14BrClN2O3S2. The molecule has 2 heterocycles. The van der Waals surface area contributed by atoms with Gasteiger partial charge in [-0.05, 0) is 34.8 Å². The fourth-order valence-electron chi connectivity index (χ4n) is 2.15. The van der Waals surface area contributed by atoms with Crippen LogP contribution in [-0.4, -0.2) is 37.8 Å². The lowest BCUT2D eigenvalue weighted by Gasteiger charge is -2.31. The first-order valence-corrected chi connectivity index (χ1v) is 9.45. The van der Waals surface area contributed by atoms with Gasteiger partial charge in [0.15, 0.2) is 0 Å². The number of hydrogen-bond donors (Lipinski definition) is 1. The van der Waals surface area contributed by atoms with E-state index in [0.717, 1.165) is 24.2 Å². The molecule has 1 aliphatic heterocycles. The number of amides is 1. The van der Waals surface area contributed by atoms with E-state index in [0.29, 0.717) is 21.9 Å². The molecule has 1 unspecified atom stereocenters. The molecule has 1 aromatic heterocycles.